The Morgan fingerprint density at radius 3 is 2.60 bits per heavy atom. The zero-order valence-corrected chi connectivity index (χ0v) is 13.4. The Balaban J connectivity index is 1.96. The molecule has 1 heterocycles. The van der Waals surface area contributed by atoms with Gasteiger partial charge in [-0.05, 0) is 44.0 Å². The van der Waals surface area contributed by atoms with E-state index in [0.29, 0.717) is 28.1 Å². The summed E-state index contributed by atoms with van der Waals surface area (Å²) in [6.45, 7) is 2.32. The van der Waals surface area contributed by atoms with Gasteiger partial charge in [-0.1, -0.05) is 29.3 Å². The Bertz CT molecular complexity index is 537. The predicted octanol–water partition coefficient (Wildman–Crippen LogP) is 2.41. The summed E-state index contributed by atoms with van der Waals surface area (Å²) in [5.41, 5.74) is 0.449. The van der Waals surface area contributed by atoms with E-state index in [4.69, 9.17) is 23.2 Å². The molecular formula is C13H18Cl2N2O2S. The highest BCUT2D eigenvalue weighted by Gasteiger charge is 2.19. The third-order valence-corrected chi connectivity index (χ3v) is 5.37. The van der Waals surface area contributed by atoms with Crippen molar-refractivity contribution in [2.75, 3.05) is 19.6 Å². The molecule has 1 atom stereocenters. The lowest BCUT2D eigenvalue weighted by atomic mass is 10.0. The molecular weight excluding hydrogens is 319 g/mol. The van der Waals surface area contributed by atoms with Crippen molar-refractivity contribution >= 4 is 33.2 Å². The van der Waals surface area contributed by atoms with Crippen molar-refractivity contribution in [1.29, 1.82) is 0 Å². The minimum atomic E-state index is -3.43. The number of benzene rings is 1. The van der Waals surface area contributed by atoms with Gasteiger partial charge in [0, 0.05) is 22.2 Å². The first-order valence-electron chi connectivity index (χ1n) is 6.59. The maximum absolute atomic E-state index is 12.1. The maximum atomic E-state index is 12.1. The minimum absolute atomic E-state index is 0.189. The van der Waals surface area contributed by atoms with Crippen LogP contribution in [0.2, 0.25) is 10.0 Å². The average molecular weight is 337 g/mol. The van der Waals surface area contributed by atoms with Crippen LogP contribution in [0.4, 0.5) is 0 Å². The molecule has 1 saturated heterocycles. The molecule has 1 aromatic carbocycles. The topological polar surface area (TPSA) is 58.2 Å². The van der Waals surface area contributed by atoms with Crippen LogP contribution in [0.15, 0.2) is 18.2 Å². The summed E-state index contributed by atoms with van der Waals surface area (Å²) in [5.74, 6) is 0.159. The largest absolute Gasteiger partial charge is 0.316 e. The van der Waals surface area contributed by atoms with Crippen molar-refractivity contribution in [2.45, 2.75) is 18.6 Å². The molecule has 1 unspecified atom stereocenters. The molecule has 0 radical (unpaired) electrons. The Kier molecular flexibility index (Phi) is 5.69. The van der Waals surface area contributed by atoms with E-state index in [0.717, 1.165) is 25.9 Å². The number of hydrogen-bond acceptors (Lipinski definition) is 3. The zero-order chi connectivity index (χ0) is 14.6. The molecule has 112 valence electrons. The van der Waals surface area contributed by atoms with Crippen molar-refractivity contribution in [1.82, 2.24) is 10.0 Å². The molecule has 20 heavy (non-hydrogen) atoms. The van der Waals surface area contributed by atoms with Gasteiger partial charge in [-0.2, -0.15) is 0 Å². The molecule has 4 nitrogen and oxygen atoms in total. The lowest BCUT2D eigenvalue weighted by Gasteiger charge is -2.22. The SMILES string of the molecule is O=S(=O)(Cc1c(Cl)cccc1Cl)NCC1CCCNC1. The Hall–Kier alpha value is -0.330. The second-order valence-corrected chi connectivity index (χ2v) is 7.64. The molecule has 0 amide bonds. The van der Waals surface area contributed by atoms with Crippen LogP contribution in [0.1, 0.15) is 18.4 Å². The fraction of sp³-hybridized carbons (Fsp3) is 0.538. The van der Waals surface area contributed by atoms with Crippen molar-refractivity contribution < 1.29 is 8.42 Å². The van der Waals surface area contributed by atoms with Crippen molar-refractivity contribution in [3.8, 4) is 0 Å². The van der Waals surface area contributed by atoms with Gasteiger partial charge in [0.15, 0.2) is 0 Å². The van der Waals surface area contributed by atoms with Gasteiger partial charge >= 0.3 is 0 Å². The summed E-state index contributed by atoms with van der Waals surface area (Å²) in [5, 5.41) is 4.02. The highest BCUT2D eigenvalue weighted by molar-refractivity contribution is 7.88. The third-order valence-electron chi connectivity index (χ3n) is 3.39. The van der Waals surface area contributed by atoms with E-state index in [1.165, 1.54) is 0 Å². The standard InChI is InChI=1S/C13H18Cl2N2O2S/c14-12-4-1-5-13(15)11(12)9-20(18,19)17-8-10-3-2-6-16-7-10/h1,4-5,10,16-17H,2-3,6-9H2. The molecule has 1 aliphatic rings. The van der Waals surface area contributed by atoms with Gasteiger partial charge < -0.3 is 5.32 Å². The fourth-order valence-corrected chi connectivity index (χ4v) is 4.23. The van der Waals surface area contributed by atoms with Gasteiger partial charge in [0.1, 0.15) is 0 Å². The van der Waals surface area contributed by atoms with Crippen LogP contribution < -0.4 is 10.0 Å². The van der Waals surface area contributed by atoms with E-state index in [1.54, 1.807) is 18.2 Å². The number of piperidine rings is 1. The molecule has 1 aromatic rings. The summed E-state index contributed by atoms with van der Waals surface area (Å²) >= 11 is 12.0. The van der Waals surface area contributed by atoms with Gasteiger partial charge in [0.05, 0.1) is 5.75 Å². The molecule has 0 aromatic heterocycles. The third kappa shape index (κ3) is 4.60. The van der Waals surface area contributed by atoms with Gasteiger partial charge in [-0.25, -0.2) is 13.1 Å². The Labute approximate surface area is 129 Å². The summed E-state index contributed by atoms with van der Waals surface area (Å²) in [6.07, 6.45) is 2.13. The molecule has 1 fully saturated rings. The first-order valence-corrected chi connectivity index (χ1v) is 9.00. The van der Waals surface area contributed by atoms with Crippen LogP contribution in [0.3, 0.4) is 0 Å². The molecule has 2 N–H and O–H groups in total. The number of rotatable bonds is 5. The van der Waals surface area contributed by atoms with Crippen molar-refractivity contribution in [2.24, 2.45) is 5.92 Å². The summed E-state index contributed by atoms with van der Waals surface area (Å²) < 4.78 is 26.8. The van der Waals surface area contributed by atoms with Gasteiger partial charge in [-0.3, -0.25) is 0 Å². The molecule has 1 aliphatic heterocycles. The maximum Gasteiger partial charge on any atom is 0.215 e. The molecule has 0 spiro atoms. The van der Waals surface area contributed by atoms with E-state index in [-0.39, 0.29) is 5.75 Å². The molecule has 2 rings (SSSR count). The Morgan fingerprint density at radius 2 is 2.00 bits per heavy atom. The number of halogens is 2. The first kappa shape index (κ1) is 16.0. The number of sulfonamides is 1. The summed E-state index contributed by atoms with van der Waals surface area (Å²) in [4.78, 5) is 0. The van der Waals surface area contributed by atoms with Crippen molar-refractivity contribution in [3.05, 3.63) is 33.8 Å². The highest BCUT2D eigenvalue weighted by atomic mass is 35.5. The normalized spacial score (nSPS) is 20.0. The fourth-order valence-electron chi connectivity index (χ4n) is 2.25. The second-order valence-electron chi connectivity index (χ2n) is 5.02. The van der Waals surface area contributed by atoms with Crippen LogP contribution in [0.5, 0.6) is 0 Å². The molecule has 0 bridgehead atoms. The molecule has 0 aliphatic carbocycles. The monoisotopic (exact) mass is 336 g/mol. The predicted molar refractivity (Wildman–Crippen MR) is 82.7 cm³/mol. The first-order chi connectivity index (χ1) is 9.48. The van der Waals surface area contributed by atoms with Crippen LogP contribution in [0.25, 0.3) is 0 Å². The molecule has 0 saturated carbocycles. The smallest absolute Gasteiger partial charge is 0.215 e. The van der Waals surface area contributed by atoms with Crippen LogP contribution in [0, 0.1) is 5.92 Å². The van der Waals surface area contributed by atoms with E-state index < -0.39 is 10.0 Å². The highest BCUT2D eigenvalue weighted by Crippen LogP contribution is 2.26. The lowest BCUT2D eigenvalue weighted by Crippen LogP contribution is -2.38. The summed E-state index contributed by atoms with van der Waals surface area (Å²) in [7, 11) is -3.43. The van der Waals surface area contributed by atoms with E-state index >= 15 is 0 Å². The van der Waals surface area contributed by atoms with Gasteiger partial charge in [-0.15, -0.1) is 0 Å². The molecule has 7 heteroatoms. The van der Waals surface area contributed by atoms with Gasteiger partial charge in [0.2, 0.25) is 10.0 Å². The number of nitrogens with one attached hydrogen (secondary N) is 2. The lowest BCUT2D eigenvalue weighted by molar-refractivity contribution is 0.376. The van der Waals surface area contributed by atoms with Crippen LogP contribution in [-0.2, 0) is 15.8 Å². The Morgan fingerprint density at radius 1 is 1.30 bits per heavy atom. The van der Waals surface area contributed by atoms with Crippen molar-refractivity contribution in [3.63, 3.8) is 0 Å². The van der Waals surface area contributed by atoms with E-state index in [2.05, 4.69) is 10.0 Å². The van der Waals surface area contributed by atoms with E-state index in [1.807, 2.05) is 0 Å². The minimum Gasteiger partial charge on any atom is -0.316 e. The summed E-state index contributed by atoms with van der Waals surface area (Å²) in [6, 6.07) is 4.98. The van der Waals surface area contributed by atoms with Crippen LogP contribution >= 0.6 is 23.2 Å². The number of hydrogen-bond donors (Lipinski definition) is 2. The average Bonchev–Trinajstić information content (AvgIpc) is 2.42. The zero-order valence-electron chi connectivity index (χ0n) is 11.0. The van der Waals surface area contributed by atoms with Gasteiger partial charge in [0.25, 0.3) is 0 Å². The van der Waals surface area contributed by atoms with Crippen LogP contribution in [-0.4, -0.2) is 28.1 Å². The van der Waals surface area contributed by atoms with E-state index in [9.17, 15) is 8.42 Å². The quantitative estimate of drug-likeness (QED) is 0.868. The second kappa shape index (κ2) is 7.09.